The third-order valence-electron chi connectivity index (χ3n) is 8.18. The predicted molar refractivity (Wildman–Crippen MR) is 190 cm³/mol. The molecule has 0 N–H and O–H groups in total. The van der Waals surface area contributed by atoms with E-state index in [1.807, 2.05) is 13.8 Å². The molecule has 48 heavy (non-hydrogen) atoms. The van der Waals surface area contributed by atoms with Crippen LogP contribution in [-0.4, -0.2) is 50.3 Å². The molecule has 0 aliphatic heterocycles. The minimum absolute atomic E-state index is 0.269. The van der Waals surface area contributed by atoms with Crippen molar-refractivity contribution in [2.45, 2.75) is 119 Å². The number of esters is 4. The molecule has 2 aromatic rings. The molecule has 2 unspecified atom stereocenters. The molecule has 0 spiro atoms. The molecule has 268 valence electrons. The molecule has 0 aliphatic rings. The van der Waals surface area contributed by atoms with Crippen molar-refractivity contribution in [3.8, 4) is 0 Å². The van der Waals surface area contributed by atoms with E-state index in [0.717, 1.165) is 77.0 Å². The quantitative estimate of drug-likeness (QED) is 0.0693. The first-order valence-corrected chi connectivity index (χ1v) is 18.1. The standard InChI is InChI=1S/C24H38O4.C16H22O4/c1-5-9-13-19(7-3)17-27-23(25)21-15-11-12-16-22(21)24(26)28-18-20(8-4)14-10-6-2;1-3-5-11-19-15(17)13-9-7-8-10-14(13)16(18)20-12-6-4-2/h11-12,15-16,19-20H,5-10,13-14,17-18H2,1-4H3;7-10H,3-6,11-12H2,1-2H3. The number of hydrogen-bond donors (Lipinski definition) is 0. The minimum Gasteiger partial charge on any atom is -0.462 e. The fourth-order valence-corrected chi connectivity index (χ4v) is 4.79. The van der Waals surface area contributed by atoms with E-state index in [1.54, 1.807) is 48.5 Å². The summed E-state index contributed by atoms with van der Waals surface area (Å²) in [6.45, 7) is 14.1. The Labute approximate surface area is 289 Å². The molecule has 0 fully saturated rings. The zero-order chi connectivity index (χ0) is 35.6. The Morgan fingerprint density at radius 1 is 0.458 bits per heavy atom. The highest BCUT2D eigenvalue weighted by Gasteiger charge is 2.21. The summed E-state index contributed by atoms with van der Waals surface area (Å²) >= 11 is 0. The zero-order valence-electron chi connectivity index (χ0n) is 30.4. The summed E-state index contributed by atoms with van der Waals surface area (Å²) in [6.07, 6.45) is 12.1. The number of unbranched alkanes of at least 4 members (excludes halogenated alkanes) is 4. The fourth-order valence-electron chi connectivity index (χ4n) is 4.79. The Kier molecular flexibility index (Phi) is 23.2. The van der Waals surface area contributed by atoms with Gasteiger partial charge in [0, 0.05) is 0 Å². The summed E-state index contributed by atoms with van der Waals surface area (Å²) in [4.78, 5) is 49.0. The Morgan fingerprint density at radius 3 is 1.02 bits per heavy atom. The SMILES string of the molecule is CCCCC(CC)COC(=O)c1ccccc1C(=O)OCC(CC)CCCC.CCCCOC(=O)c1ccccc1C(=O)OCCCC. The molecule has 2 atom stereocenters. The van der Waals surface area contributed by atoms with E-state index in [9.17, 15) is 19.2 Å². The number of rotatable bonds is 22. The average molecular weight is 669 g/mol. The highest BCUT2D eigenvalue weighted by molar-refractivity contribution is 6.03. The first-order valence-electron chi connectivity index (χ1n) is 18.1. The maximum atomic E-state index is 12.6. The lowest BCUT2D eigenvalue weighted by molar-refractivity contribution is 0.0381. The number of carbonyl (C=O) groups is 4. The lowest BCUT2D eigenvalue weighted by Gasteiger charge is -2.17. The van der Waals surface area contributed by atoms with Crippen molar-refractivity contribution >= 4 is 23.9 Å². The van der Waals surface area contributed by atoms with Crippen LogP contribution in [0.5, 0.6) is 0 Å². The summed E-state index contributed by atoms with van der Waals surface area (Å²) < 4.78 is 21.3. The lowest BCUT2D eigenvalue weighted by Crippen LogP contribution is -2.19. The second-order valence-corrected chi connectivity index (χ2v) is 12.1. The Hall–Kier alpha value is -3.68. The molecule has 8 heteroatoms. The number of hydrogen-bond acceptors (Lipinski definition) is 8. The van der Waals surface area contributed by atoms with Crippen LogP contribution in [0.3, 0.4) is 0 Å². The molecule has 2 rings (SSSR count). The van der Waals surface area contributed by atoms with Gasteiger partial charge in [0.2, 0.25) is 0 Å². The second kappa shape index (κ2) is 26.3. The highest BCUT2D eigenvalue weighted by Crippen LogP contribution is 2.18. The van der Waals surface area contributed by atoms with Gasteiger partial charge in [-0.3, -0.25) is 0 Å². The molecule has 0 heterocycles. The van der Waals surface area contributed by atoms with Gasteiger partial charge in [0.15, 0.2) is 0 Å². The monoisotopic (exact) mass is 668 g/mol. The molecule has 0 amide bonds. The van der Waals surface area contributed by atoms with Gasteiger partial charge in [-0.05, 0) is 61.8 Å². The molecule has 0 radical (unpaired) electrons. The molecule has 2 aromatic carbocycles. The van der Waals surface area contributed by atoms with Gasteiger partial charge in [-0.25, -0.2) is 19.2 Å². The summed E-state index contributed by atoms with van der Waals surface area (Å²) in [5, 5.41) is 0. The van der Waals surface area contributed by atoms with Crippen molar-refractivity contribution in [1.82, 2.24) is 0 Å². The Morgan fingerprint density at radius 2 is 0.750 bits per heavy atom. The zero-order valence-corrected chi connectivity index (χ0v) is 30.4. The number of carbonyl (C=O) groups excluding carboxylic acids is 4. The van der Waals surface area contributed by atoms with E-state index in [-0.39, 0.29) is 11.1 Å². The highest BCUT2D eigenvalue weighted by atomic mass is 16.5. The van der Waals surface area contributed by atoms with E-state index in [4.69, 9.17) is 18.9 Å². The fraction of sp³-hybridized carbons (Fsp3) is 0.600. The van der Waals surface area contributed by atoms with E-state index >= 15 is 0 Å². The lowest BCUT2D eigenvalue weighted by atomic mass is 10.0. The largest absolute Gasteiger partial charge is 0.462 e. The van der Waals surface area contributed by atoms with Crippen LogP contribution < -0.4 is 0 Å². The van der Waals surface area contributed by atoms with Crippen LogP contribution >= 0.6 is 0 Å². The summed E-state index contributed by atoms with van der Waals surface area (Å²) in [6, 6.07) is 13.4. The minimum atomic E-state index is -0.471. The van der Waals surface area contributed by atoms with Gasteiger partial charge in [-0.15, -0.1) is 0 Å². The summed E-state index contributed by atoms with van der Waals surface area (Å²) in [5.74, 6) is -1.09. The van der Waals surface area contributed by atoms with Crippen LogP contribution in [0, 0.1) is 11.8 Å². The van der Waals surface area contributed by atoms with E-state index in [0.29, 0.717) is 49.4 Å². The number of ether oxygens (including phenoxy) is 4. The molecular weight excluding hydrogens is 608 g/mol. The van der Waals surface area contributed by atoms with Crippen LogP contribution in [0.4, 0.5) is 0 Å². The average Bonchev–Trinajstić information content (AvgIpc) is 3.12. The first kappa shape index (κ1) is 42.3. The second-order valence-electron chi connectivity index (χ2n) is 12.1. The number of benzene rings is 2. The van der Waals surface area contributed by atoms with Crippen molar-refractivity contribution in [2.24, 2.45) is 11.8 Å². The normalized spacial score (nSPS) is 11.8. The van der Waals surface area contributed by atoms with Crippen LogP contribution in [-0.2, 0) is 18.9 Å². The van der Waals surface area contributed by atoms with E-state index in [2.05, 4.69) is 27.7 Å². The first-order chi connectivity index (χ1) is 23.3. The maximum absolute atomic E-state index is 12.6. The van der Waals surface area contributed by atoms with E-state index < -0.39 is 23.9 Å². The van der Waals surface area contributed by atoms with Crippen LogP contribution in [0.15, 0.2) is 48.5 Å². The third kappa shape index (κ3) is 16.4. The molecule has 8 nitrogen and oxygen atoms in total. The molecule has 0 saturated carbocycles. The third-order valence-corrected chi connectivity index (χ3v) is 8.18. The predicted octanol–water partition coefficient (Wildman–Crippen LogP) is 10.0. The molecule has 0 aromatic heterocycles. The Bertz CT molecular complexity index is 1120. The molecule has 0 aliphatic carbocycles. The van der Waals surface area contributed by atoms with Crippen LogP contribution in [0.25, 0.3) is 0 Å². The maximum Gasteiger partial charge on any atom is 0.339 e. The summed E-state index contributed by atoms with van der Waals surface area (Å²) in [7, 11) is 0. The van der Waals surface area contributed by atoms with E-state index in [1.165, 1.54) is 0 Å². The van der Waals surface area contributed by atoms with Crippen molar-refractivity contribution in [3.63, 3.8) is 0 Å². The molecule has 0 saturated heterocycles. The van der Waals surface area contributed by atoms with Gasteiger partial charge < -0.3 is 18.9 Å². The van der Waals surface area contributed by atoms with Gasteiger partial charge in [0.1, 0.15) is 0 Å². The van der Waals surface area contributed by atoms with Crippen molar-refractivity contribution in [1.29, 1.82) is 0 Å². The van der Waals surface area contributed by atoms with Crippen LogP contribution in [0.2, 0.25) is 0 Å². The Balaban J connectivity index is 0.000000507. The van der Waals surface area contributed by atoms with Gasteiger partial charge in [0.25, 0.3) is 0 Å². The van der Waals surface area contributed by atoms with Gasteiger partial charge in [-0.2, -0.15) is 0 Å². The van der Waals surface area contributed by atoms with Gasteiger partial charge in [-0.1, -0.05) is 117 Å². The van der Waals surface area contributed by atoms with Crippen molar-refractivity contribution < 1.29 is 38.1 Å². The van der Waals surface area contributed by atoms with Gasteiger partial charge >= 0.3 is 23.9 Å². The molecular formula is C40H60O8. The molecule has 0 bridgehead atoms. The smallest absolute Gasteiger partial charge is 0.339 e. The topological polar surface area (TPSA) is 105 Å². The van der Waals surface area contributed by atoms with Crippen molar-refractivity contribution in [3.05, 3.63) is 70.8 Å². The van der Waals surface area contributed by atoms with Crippen molar-refractivity contribution in [2.75, 3.05) is 26.4 Å². The summed E-state index contributed by atoms with van der Waals surface area (Å²) in [5.41, 5.74) is 1.12. The van der Waals surface area contributed by atoms with Crippen LogP contribution in [0.1, 0.15) is 160 Å². The van der Waals surface area contributed by atoms with Gasteiger partial charge in [0.05, 0.1) is 48.7 Å².